The van der Waals surface area contributed by atoms with Crippen molar-refractivity contribution < 1.29 is 14.6 Å². The lowest BCUT2D eigenvalue weighted by Crippen LogP contribution is -2.18. The number of rotatable bonds is 1. The maximum Gasteiger partial charge on any atom is 0.336 e. The molecule has 0 spiro atoms. The van der Waals surface area contributed by atoms with E-state index in [1.54, 1.807) is 5.38 Å². The minimum Gasteiger partial charge on any atom is -0.478 e. The van der Waals surface area contributed by atoms with Crippen LogP contribution in [0.3, 0.4) is 0 Å². The van der Waals surface area contributed by atoms with Gasteiger partial charge in [0.05, 0.1) is 17.8 Å². The van der Waals surface area contributed by atoms with Gasteiger partial charge in [-0.15, -0.1) is 11.3 Å². The van der Waals surface area contributed by atoms with Crippen LogP contribution < -0.4 is 0 Å². The van der Waals surface area contributed by atoms with Gasteiger partial charge in [-0.1, -0.05) is 0 Å². The van der Waals surface area contributed by atoms with Gasteiger partial charge in [-0.3, -0.25) is 0 Å². The van der Waals surface area contributed by atoms with Gasteiger partial charge in [0.1, 0.15) is 0 Å². The largest absolute Gasteiger partial charge is 0.478 e. The second-order valence-corrected chi connectivity index (χ2v) is 4.74. The minimum atomic E-state index is -0.802. The predicted octanol–water partition coefficient (Wildman–Crippen LogP) is 2.22. The molecule has 2 aliphatic rings. The third kappa shape index (κ3) is 1.04. The van der Waals surface area contributed by atoms with Gasteiger partial charge in [0.2, 0.25) is 0 Å². The van der Waals surface area contributed by atoms with Crippen molar-refractivity contribution in [3.8, 4) is 0 Å². The average Bonchev–Trinajstić information content (AvgIpc) is 2.71. The molecule has 2 unspecified atom stereocenters. The van der Waals surface area contributed by atoms with E-state index in [4.69, 9.17) is 9.84 Å². The molecule has 74 valence electrons. The molecule has 3 heterocycles. The summed E-state index contributed by atoms with van der Waals surface area (Å²) >= 11 is 1.53. The minimum absolute atomic E-state index is 0.182. The van der Waals surface area contributed by atoms with Crippen molar-refractivity contribution in [2.75, 3.05) is 0 Å². The molecule has 0 aromatic carbocycles. The molecule has 1 N–H and O–H groups in total. The quantitative estimate of drug-likeness (QED) is 0.773. The standard InChI is InChI=1S/C10H10O3S/c11-10(12)7-4-14-9-6(7)3-5-1-2-8(9)13-5/h4-5,8H,1-3H2,(H,11,12). The van der Waals surface area contributed by atoms with Crippen LogP contribution in [-0.4, -0.2) is 17.2 Å². The zero-order chi connectivity index (χ0) is 9.71. The fraction of sp³-hybridized carbons (Fsp3) is 0.500. The Balaban J connectivity index is 2.11. The SMILES string of the molecule is O=C(O)c1csc2c1CC1CCC2O1. The molecular weight excluding hydrogens is 200 g/mol. The highest BCUT2D eigenvalue weighted by Crippen LogP contribution is 2.45. The highest BCUT2D eigenvalue weighted by Gasteiger charge is 2.37. The van der Waals surface area contributed by atoms with Gasteiger partial charge in [0.25, 0.3) is 0 Å². The fourth-order valence-electron chi connectivity index (χ4n) is 2.33. The first-order valence-electron chi connectivity index (χ1n) is 4.74. The van der Waals surface area contributed by atoms with Gasteiger partial charge in [-0.05, 0) is 18.4 Å². The maximum absolute atomic E-state index is 10.9. The second kappa shape index (κ2) is 2.81. The van der Waals surface area contributed by atoms with Crippen LogP contribution in [0.2, 0.25) is 0 Å². The third-order valence-corrected chi connectivity index (χ3v) is 4.11. The zero-order valence-corrected chi connectivity index (χ0v) is 8.34. The number of ether oxygens (including phenoxy) is 1. The lowest BCUT2D eigenvalue weighted by Gasteiger charge is -2.20. The van der Waals surface area contributed by atoms with E-state index < -0.39 is 5.97 Å². The van der Waals surface area contributed by atoms with E-state index in [1.165, 1.54) is 11.3 Å². The van der Waals surface area contributed by atoms with Gasteiger partial charge in [0, 0.05) is 16.7 Å². The lowest BCUT2D eigenvalue weighted by atomic mass is 10.0. The number of fused-ring (bicyclic) bond motifs is 4. The predicted molar refractivity (Wildman–Crippen MR) is 51.8 cm³/mol. The zero-order valence-electron chi connectivity index (χ0n) is 7.53. The van der Waals surface area contributed by atoms with Crippen molar-refractivity contribution in [2.24, 2.45) is 0 Å². The van der Waals surface area contributed by atoms with Gasteiger partial charge >= 0.3 is 5.97 Å². The molecular formula is C10H10O3S. The van der Waals surface area contributed by atoms with Crippen molar-refractivity contribution >= 4 is 17.3 Å². The summed E-state index contributed by atoms with van der Waals surface area (Å²) in [5.41, 5.74) is 1.52. The molecule has 1 saturated heterocycles. The van der Waals surface area contributed by atoms with Crippen molar-refractivity contribution in [2.45, 2.75) is 31.5 Å². The maximum atomic E-state index is 10.9. The van der Waals surface area contributed by atoms with E-state index >= 15 is 0 Å². The Kier molecular flexibility index (Phi) is 1.69. The normalized spacial score (nSPS) is 28.9. The van der Waals surface area contributed by atoms with Gasteiger partial charge in [-0.2, -0.15) is 0 Å². The number of hydrogen-bond acceptors (Lipinski definition) is 3. The van der Waals surface area contributed by atoms with E-state index in [9.17, 15) is 4.79 Å². The molecule has 0 radical (unpaired) electrons. The lowest BCUT2D eigenvalue weighted by molar-refractivity contribution is 0.0345. The summed E-state index contributed by atoms with van der Waals surface area (Å²) < 4.78 is 5.73. The number of aromatic carboxylic acids is 1. The van der Waals surface area contributed by atoms with Crippen molar-refractivity contribution in [1.82, 2.24) is 0 Å². The number of carboxylic acid groups (broad SMARTS) is 1. The van der Waals surface area contributed by atoms with Crippen LogP contribution in [0, 0.1) is 0 Å². The molecule has 4 heteroatoms. The van der Waals surface area contributed by atoms with E-state index in [-0.39, 0.29) is 12.2 Å². The Morgan fingerprint density at radius 2 is 2.43 bits per heavy atom. The summed E-state index contributed by atoms with van der Waals surface area (Å²) in [7, 11) is 0. The van der Waals surface area contributed by atoms with Crippen LogP contribution in [0.5, 0.6) is 0 Å². The number of thiophene rings is 1. The van der Waals surface area contributed by atoms with Gasteiger partial charge < -0.3 is 9.84 Å². The molecule has 14 heavy (non-hydrogen) atoms. The first-order chi connectivity index (χ1) is 6.75. The summed E-state index contributed by atoms with van der Waals surface area (Å²) in [5.74, 6) is -0.802. The molecule has 2 aliphatic heterocycles. The smallest absolute Gasteiger partial charge is 0.336 e. The molecule has 1 aromatic heterocycles. The Labute approximate surface area is 85.3 Å². The summed E-state index contributed by atoms with van der Waals surface area (Å²) in [4.78, 5) is 12.1. The van der Waals surface area contributed by atoms with Crippen LogP contribution in [-0.2, 0) is 11.2 Å². The highest BCUT2D eigenvalue weighted by molar-refractivity contribution is 7.10. The fourth-order valence-corrected chi connectivity index (χ4v) is 3.48. The first kappa shape index (κ1) is 8.44. The Hall–Kier alpha value is -0.870. The number of carbonyl (C=O) groups is 1. The first-order valence-corrected chi connectivity index (χ1v) is 5.62. The molecule has 1 fully saturated rings. The average molecular weight is 210 g/mol. The molecule has 3 rings (SSSR count). The Bertz CT molecular complexity index is 396. The van der Waals surface area contributed by atoms with E-state index in [1.807, 2.05) is 0 Å². The van der Waals surface area contributed by atoms with Crippen LogP contribution in [0.4, 0.5) is 0 Å². The molecule has 0 saturated carbocycles. The van der Waals surface area contributed by atoms with Crippen molar-refractivity contribution in [3.05, 3.63) is 21.4 Å². The van der Waals surface area contributed by atoms with Crippen LogP contribution in [0.1, 0.15) is 39.7 Å². The molecule has 0 amide bonds. The van der Waals surface area contributed by atoms with Crippen LogP contribution in [0.25, 0.3) is 0 Å². The molecule has 0 aliphatic carbocycles. The summed E-state index contributed by atoms with van der Waals surface area (Å²) in [6, 6.07) is 0. The molecule has 2 bridgehead atoms. The number of carboxylic acids is 1. The summed E-state index contributed by atoms with van der Waals surface area (Å²) in [6.07, 6.45) is 3.36. The van der Waals surface area contributed by atoms with E-state index in [0.29, 0.717) is 5.56 Å². The van der Waals surface area contributed by atoms with Crippen LogP contribution in [0.15, 0.2) is 5.38 Å². The monoisotopic (exact) mass is 210 g/mol. The molecule has 2 atom stereocenters. The third-order valence-electron chi connectivity index (χ3n) is 2.99. The van der Waals surface area contributed by atoms with Crippen LogP contribution >= 0.6 is 11.3 Å². The number of hydrogen-bond donors (Lipinski definition) is 1. The summed E-state index contributed by atoms with van der Waals surface area (Å²) in [5, 5.41) is 10.7. The summed E-state index contributed by atoms with van der Waals surface area (Å²) in [6.45, 7) is 0. The highest BCUT2D eigenvalue weighted by atomic mass is 32.1. The van der Waals surface area contributed by atoms with E-state index in [0.717, 1.165) is 29.7 Å². The van der Waals surface area contributed by atoms with Crippen molar-refractivity contribution in [3.63, 3.8) is 0 Å². The molecule has 3 nitrogen and oxygen atoms in total. The Morgan fingerprint density at radius 3 is 3.21 bits per heavy atom. The Morgan fingerprint density at radius 1 is 1.57 bits per heavy atom. The second-order valence-electron chi connectivity index (χ2n) is 3.83. The van der Waals surface area contributed by atoms with Gasteiger partial charge in [-0.25, -0.2) is 4.79 Å². The van der Waals surface area contributed by atoms with Crippen molar-refractivity contribution in [1.29, 1.82) is 0 Å². The molecule has 1 aromatic rings. The van der Waals surface area contributed by atoms with E-state index in [2.05, 4.69) is 0 Å². The topological polar surface area (TPSA) is 46.5 Å². The van der Waals surface area contributed by atoms with Gasteiger partial charge in [0.15, 0.2) is 0 Å².